The molecule has 2 aromatic rings. The lowest BCUT2D eigenvalue weighted by Gasteiger charge is -2.37. The van der Waals surface area contributed by atoms with Gasteiger partial charge >= 0.3 is 0 Å². The summed E-state index contributed by atoms with van der Waals surface area (Å²) in [5.41, 5.74) is 4.01. The van der Waals surface area contributed by atoms with Crippen molar-refractivity contribution in [2.75, 3.05) is 53.9 Å². The van der Waals surface area contributed by atoms with Crippen molar-refractivity contribution < 1.29 is 0 Å². The molecule has 1 atom stereocenters. The highest BCUT2D eigenvalue weighted by Crippen LogP contribution is 2.18. The predicted molar refractivity (Wildman–Crippen MR) is 128 cm³/mol. The number of hydrogen-bond donors (Lipinski definition) is 1. The smallest absolute Gasteiger partial charge is 0.193 e. The molecule has 0 amide bonds. The number of benzene rings is 1. The number of aryl methyl sites for hydroxylation is 1. The molecule has 7 nitrogen and oxygen atoms in total. The first-order valence-corrected chi connectivity index (χ1v) is 11.3. The van der Waals surface area contributed by atoms with E-state index in [1.54, 1.807) is 0 Å². The van der Waals surface area contributed by atoms with Crippen LogP contribution in [0.5, 0.6) is 0 Å². The molecule has 1 aliphatic heterocycles. The van der Waals surface area contributed by atoms with Gasteiger partial charge < -0.3 is 15.1 Å². The first kappa shape index (κ1) is 23.3. The summed E-state index contributed by atoms with van der Waals surface area (Å²) >= 11 is 0. The van der Waals surface area contributed by atoms with E-state index in [9.17, 15) is 0 Å². The van der Waals surface area contributed by atoms with Crippen LogP contribution in [0.2, 0.25) is 0 Å². The Labute approximate surface area is 187 Å². The van der Waals surface area contributed by atoms with Crippen LogP contribution in [0, 0.1) is 0 Å². The van der Waals surface area contributed by atoms with E-state index < -0.39 is 0 Å². The molecule has 1 N–H and O–H groups in total. The Morgan fingerprint density at radius 1 is 1.10 bits per heavy atom. The SMILES string of the molecule is CN=C(NCC(c1cnn(C)c1)N(C)C)N1CCN(Cc2ccc(C(C)C)cc2)CC1. The molecule has 3 rings (SSSR count). The van der Waals surface area contributed by atoms with Crippen molar-refractivity contribution >= 4 is 5.96 Å². The van der Waals surface area contributed by atoms with Crippen molar-refractivity contribution in [1.82, 2.24) is 29.8 Å². The second-order valence-electron chi connectivity index (χ2n) is 9.01. The fourth-order valence-corrected chi connectivity index (χ4v) is 4.11. The molecule has 0 saturated carbocycles. The molecule has 1 aromatic carbocycles. The summed E-state index contributed by atoms with van der Waals surface area (Å²) in [6.07, 6.45) is 4.03. The van der Waals surface area contributed by atoms with Crippen LogP contribution < -0.4 is 5.32 Å². The first-order chi connectivity index (χ1) is 14.9. The van der Waals surface area contributed by atoms with Gasteiger partial charge in [-0.1, -0.05) is 38.1 Å². The van der Waals surface area contributed by atoms with Crippen molar-refractivity contribution in [1.29, 1.82) is 0 Å². The van der Waals surface area contributed by atoms with Crippen LogP contribution in [0.1, 0.15) is 42.5 Å². The minimum Gasteiger partial charge on any atom is -0.354 e. The maximum Gasteiger partial charge on any atom is 0.193 e. The largest absolute Gasteiger partial charge is 0.354 e. The van der Waals surface area contributed by atoms with Gasteiger partial charge in [0.15, 0.2) is 5.96 Å². The number of nitrogens with zero attached hydrogens (tertiary/aromatic N) is 6. The van der Waals surface area contributed by atoms with Gasteiger partial charge in [0.05, 0.1) is 12.2 Å². The van der Waals surface area contributed by atoms with Crippen LogP contribution in [-0.2, 0) is 13.6 Å². The summed E-state index contributed by atoms with van der Waals surface area (Å²) in [6, 6.07) is 9.35. The van der Waals surface area contributed by atoms with Crippen LogP contribution in [0.15, 0.2) is 41.7 Å². The number of aliphatic imine (C=N–C) groups is 1. The number of hydrogen-bond acceptors (Lipinski definition) is 4. The molecule has 1 aromatic heterocycles. The van der Waals surface area contributed by atoms with Crippen LogP contribution in [0.3, 0.4) is 0 Å². The van der Waals surface area contributed by atoms with Crippen molar-refractivity contribution in [2.45, 2.75) is 32.4 Å². The molecule has 0 spiro atoms. The number of rotatable bonds is 7. The summed E-state index contributed by atoms with van der Waals surface area (Å²) in [4.78, 5) is 11.7. The van der Waals surface area contributed by atoms with Gasteiger partial charge in [0, 0.05) is 65.1 Å². The van der Waals surface area contributed by atoms with Crippen molar-refractivity contribution in [3.05, 3.63) is 53.3 Å². The van der Waals surface area contributed by atoms with E-state index in [4.69, 9.17) is 0 Å². The van der Waals surface area contributed by atoms with E-state index in [0.717, 1.165) is 45.2 Å². The van der Waals surface area contributed by atoms with E-state index in [-0.39, 0.29) is 6.04 Å². The van der Waals surface area contributed by atoms with Crippen LogP contribution in [-0.4, -0.2) is 84.3 Å². The molecule has 1 saturated heterocycles. The molecule has 7 heteroatoms. The second kappa shape index (κ2) is 10.8. The third-order valence-corrected chi connectivity index (χ3v) is 6.12. The number of aromatic nitrogens is 2. The van der Waals surface area contributed by atoms with Gasteiger partial charge in [-0.15, -0.1) is 0 Å². The van der Waals surface area contributed by atoms with Gasteiger partial charge in [-0.3, -0.25) is 14.6 Å². The monoisotopic (exact) mass is 425 g/mol. The normalized spacial score (nSPS) is 16.9. The summed E-state index contributed by atoms with van der Waals surface area (Å²) in [6.45, 7) is 10.4. The highest BCUT2D eigenvalue weighted by atomic mass is 15.3. The molecule has 170 valence electrons. The molecule has 31 heavy (non-hydrogen) atoms. The zero-order valence-electron chi connectivity index (χ0n) is 20.0. The molecule has 1 unspecified atom stereocenters. The molecule has 1 aliphatic rings. The van der Waals surface area contributed by atoms with Gasteiger partial charge in [-0.2, -0.15) is 5.10 Å². The van der Waals surface area contributed by atoms with E-state index in [1.807, 2.05) is 25.0 Å². The van der Waals surface area contributed by atoms with Crippen molar-refractivity contribution in [2.24, 2.45) is 12.0 Å². The summed E-state index contributed by atoms with van der Waals surface area (Å²) in [7, 11) is 8.05. The van der Waals surface area contributed by atoms with Crippen LogP contribution in [0.25, 0.3) is 0 Å². The third-order valence-electron chi connectivity index (χ3n) is 6.12. The Kier molecular flexibility index (Phi) is 8.09. The van der Waals surface area contributed by atoms with Crippen LogP contribution >= 0.6 is 0 Å². The Balaban J connectivity index is 1.50. The number of likely N-dealkylation sites (N-methyl/N-ethyl adjacent to an activating group) is 1. The van der Waals surface area contributed by atoms with E-state index in [1.165, 1.54) is 16.7 Å². The fourth-order valence-electron chi connectivity index (χ4n) is 4.11. The minimum absolute atomic E-state index is 0.251. The van der Waals surface area contributed by atoms with E-state index >= 15 is 0 Å². The zero-order chi connectivity index (χ0) is 22.4. The van der Waals surface area contributed by atoms with E-state index in [2.05, 4.69) is 88.5 Å². The van der Waals surface area contributed by atoms with E-state index in [0.29, 0.717) is 5.92 Å². The Morgan fingerprint density at radius 3 is 2.29 bits per heavy atom. The molecular weight excluding hydrogens is 386 g/mol. The third kappa shape index (κ3) is 6.31. The quantitative estimate of drug-likeness (QED) is 0.546. The van der Waals surface area contributed by atoms with Crippen molar-refractivity contribution in [3.63, 3.8) is 0 Å². The highest BCUT2D eigenvalue weighted by Gasteiger charge is 2.22. The lowest BCUT2D eigenvalue weighted by molar-refractivity contribution is 0.171. The van der Waals surface area contributed by atoms with Crippen molar-refractivity contribution in [3.8, 4) is 0 Å². The Bertz CT molecular complexity index is 830. The van der Waals surface area contributed by atoms with Gasteiger partial charge in [-0.25, -0.2) is 0 Å². The Morgan fingerprint density at radius 2 is 1.77 bits per heavy atom. The zero-order valence-corrected chi connectivity index (χ0v) is 20.0. The maximum absolute atomic E-state index is 4.55. The molecule has 1 fully saturated rings. The average Bonchev–Trinajstić information content (AvgIpc) is 3.18. The number of nitrogens with one attached hydrogen (secondary N) is 1. The average molecular weight is 426 g/mol. The highest BCUT2D eigenvalue weighted by molar-refractivity contribution is 5.80. The summed E-state index contributed by atoms with van der Waals surface area (Å²) < 4.78 is 1.86. The summed E-state index contributed by atoms with van der Waals surface area (Å²) in [5.74, 6) is 1.57. The summed E-state index contributed by atoms with van der Waals surface area (Å²) in [5, 5.41) is 7.92. The van der Waals surface area contributed by atoms with Gasteiger partial charge in [0.2, 0.25) is 0 Å². The minimum atomic E-state index is 0.251. The fraction of sp³-hybridized carbons (Fsp3) is 0.583. The number of piperazine rings is 1. The Hall–Kier alpha value is -2.38. The maximum atomic E-state index is 4.55. The van der Waals surface area contributed by atoms with Crippen LogP contribution in [0.4, 0.5) is 0 Å². The standard InChI is InChI=1S/C24H39N7/c1-19(2)21-9-7-20(8-10-21)17-30-11-13-31(14-12-30)24(25-3)26-16-23(28(4)5)22-15-27-29(6)18-22/h7-10,15,18-19,23H,11-14,16-17H2,1-6H3,(H,25,26). The molecule has 0 aliphatic carbocycles. The van der Waals surface area contributed by atoms with Gasteiger partial charge in [0.25, 0.3) is 0 Å². The lowest BCUT2D eigenvalue weighted by Crippen LogP contribution is -2.53. The topological polar surface area (TPSA) is 51.9 Å². The first-order valence-electron chi connectivity index (χ1n) is 11.3. The number of guanidine groups is 1. The van der Waals surface area contributed by atoms with Gasteiger partial charge in [-0.05, 0) is 31.1 Å². The van der Waals surface area contributed by atoms with Gasteiger partial charge in [0.1, 0.15) is 0 Å². The molecule has 0 bridgehead atoms. The second-order valence-corrected chi connectivity index (χ2v) is 9.01. The molecule has 2 heterocycles. The lowest BCUT2D eigenvalue weighted by atomic mass is 10.0. The predicted octanol–water partition coefficient (Wildman–Crippen LogP) is 2.54. The molecule has 0 radical (unpaired) electrons. The molecular formula is C24H39N7.